The first-order chi connectivity index (χ1) is 5.62. The van der Waals surface area contributed by atoms with Gasteiger partial charge in [0.1, 0.15) is 0 Å². The molecule has 0 aliphatic rings. The van der Waals surface area contributed by atoms with E-state index in [1.54, 1.807) is 0 Å². The summed E-state index contributed by atoms with van der Waals surface area (Å²) in [6.45, 7) is 8.42. The van der Waals surface area contributed by atoms with Gasteiger partial charge in [0.15, 0.2) is 0 Å². The zero-order valence-corrected chi connectivity index (χ0v) is 11.3. The summed E-state index contributed by atoms with van der Waals surface area (Å²) >= 11 is 0. The van der Waals surface area contributed by atoms with E-state index in [0.29, 0.717) is 0 Å². The second-order valence-electron chi connectivity index (χ2n) is 4.01. The van der Waals surface area contributed by atoms with Gasteiger partial charge < -0.3 is 0 Å². The Morgan fingerprint density at radius 3 is 1.25 bits per heavy atom. The van der Waals surface area contributed by atoms with Crippen LogP contribution in [-0.2, 0) is 0 Å². The van der Waals surface area contributed by atoms with Crippen molar-refractivity contribution < 1.29 is 0 Å². The molecular weight excluding hydrogens is 182 g/mol. The Morgan fingerprint density at radius 1 is 0.833 bits per heavy atom. The van der Waals surface area contributed by atoms with Crippen LogP contribution in [0.15, 0.2) is 0 Å². The van der Waals surface area contributed by atoms with Gasteiger partial charge in [-0.3, -0.25) is 0 Å². The quantitative estimate of drug-likeness (QED) is 0.586. The first-order valence-electron chi connectivity index (χ1n) is 5.32. The van der Waals surface area contributed by atoms with Gasteiger partial charge >= 0.3 is 80.5 Å². The number of hydrogen-bond donors (Lipinski definition) is 0. The predicted molar refractivity (Wildman–Crippen MR) is 68.5 cm³/mol. The van der Waals surface area contributed by atoms with Gasteiger partial charge in [-0.25, -0.2) is 0 Å². The summed E-state index contributed by atoms with van der Waals surface area (Å²) in [5.74, 6) is 0. The van der Waals surface area contributed by atoms with Crippen LogP contribution in [0, 0.1) is 0 Å². The molecule has 1 atom stereocenters. The van der Waals surface area contributed by atoms with E-state index >= 15 is 0 Å². The third-order valence-electron chi connectivity index (χ3n) is 4.34. The molecule has 0 amide bonds. The molecule has 0 aromatic heterocycles. The van der Waals surface area contributed by atoms with Crippen LogP contribution in [0.2, 0.25) is 0 Å². The fourth-order valence-corrected chi connectivity index (χ4v) is 9.21. The molecule has 0 aliphatic heterocycles. The molecule has 0 N–H and O–H groups in total. The summed E-state index contributed by atoms with van der Waals surface area (Å²) in [5.41, 5.74) is 0. The maximum atomic E-state index is 2.91. The van der Waals surface area contributed by atoms with Crippen LogP contribution in [0.5, 0.6) is 0 Å². The zero-order chi connectivity index (χ0) is 9.69. The molecule has 1 unspecified atom stereocenters. The van der Waals surface area contributed by atoms with E-state index in [1.165, 1.54) is 37.0 Å². The van der Waals surface area contributed by atoms with Crippen molar-refractivity contribution in [1.29, 1.82) is 0 Å². The van der Waals surface area contributed by atoms with Gasteiger partial charge in [-0.1, -0.05) is 0 Å². The van der Waals surface area contributed by atoms with Crippen molar-refractivity contribution in [2.75, 3.05) is 37.0 Å². The van der Waals surface area contributed by atoms with Gasteiger partial charge in [-0.15, -0.1) is 0 Å². The molecule has 0 heterocycles. The predicted octanol–water partition coefficient (Wildman–Crippen LogP) is 3.49. The van der Waals surface area contributed by atoms with Crippen LogP contribution in [0.1, 0.15) is 27.7 Å². The Labute approximate surface area is 81.0 Å². The van der Waals surface area contributed by atoms with Crippen molar-refractivity contribution in [1.82, 2.24) is 0 Å². The molecule has 0 nitrogen and oxygen atoms in total. The fourth-order valence-electron chi connectivity index (χ4n) is 2.34. The van der Waals surface area contributed by atoms with Crippen LogP contribution < -0.4 is 0 Å². The summed E-state index contributed by atoms with van der Waals surface area (Å²) in [6.07, 6.45) is 8.65. The van der Waals surface area contributed by atoms with E-state index in [0.717, 1.165) is 0 Å². The molecule has 2 heteroatoms. The van der Waals surface area contributed by atoms with Crippen molar-refractivity contribution in [3.05, 3.63) is 0 Å². The minimum absolute atomic E-state index is 1.23. The molecule has 0 bridgehead atoms. The Bertz CT molecular complexity index is 104. The Hall–Kier alpha value is 0.860. The SMILES string of the molecule is CCP(CC)(CC)(CC)CCP. The van der Waals surface area contributed by atoms with Crippen molar-refractivity contribution in [2.24, 2.45) is 0 Å². The van der Waals surface area contributed by atoms with Crippen molar-refractivity contribution >= 4 is 15.8 Å². The van der Waals surface area contributed by atoms with E-state index in [4.69, 9.17) is 0 Å². The molecule has 12 heavy (non-hydrogen) atoms. The second-order valence-corrected chi connectivity index (χ2v) is 12.0. The normalized spacial score (nSPS) is 15.6. The van der Waals surface area contributed by atoms with Crippen LogP contribution in [0.3, 0.4) is 0 Å². The first-order valence-corrected chi connectivity index (χ1v) is 9.30. The van der Waals surface area contributed by atoms with Gasteiger partial charge in [-0.2, -0.15) is 0 Å². The van der Waals surface area contributed by atoms with Gasteiger partial charge in [0.05, 0.1) is 0 Å². The second kappa shape index (κ2) is 4.92. The molecule has 0 saturated carbocycles. The van der Waals surface area contributed by atoms with Gasteiger partial charge in [-0.05, 0) is 0 Å². The fraction of sp³-hybridized carbons (Fsp3) is 1.00. The monoisotopic (exact) mass is 208 g/mol. The van der Waals surface area contributed by atoms with E-state index < -0.39 is 6.60 Å². The van der Waals surface area contributed by atoms with Crippen molar-refractivity contribution in [3.8, 4) is 0 Å². The standard InChI is InChI=1S/C10H26P2/c1-5-12(6-2,7-3,8-4)10-9-11/h5-11H2,1-4H3. The van der Waals surface area contributed by atoms with Gasteiger partial charge in [0.2, 0.25) is 0 Å². The Kier molecular flexibility index (Phi) is 5.27. The molecule has 0 aliphatic carbocycles. The number of rotatable bonds is 6. The molecular formula is C10H26P2. The Morgan fingerprint density at radius 2 is 1.17 bits per heavy atom. The topological polar surface area (TPSA) is 0 Å². The average molecular weight is 208 g/mol. The van der Waals surface area contributed by atoms with E-state index in [1.807, 2.05) is 0 Å². The van der Waals surface area contributed by atoms with Crippen molar-refractivity contribution in [3.63, 3.8) is 0 Å². The molecule has 0 aromatic rings. The van der Waals surface area contributed by atoms with Crippen LogP contribution in [-0.4, -0.2) is 37.0 Å². The Balaban J connectivity index is 4.70. The third kappa shape index (κ3) is 2.21. The maximum absolute atomic E-state index is 2.91. The van der Waals surface area contributed by atoms with Gasteiger partial charge in [0, 0.05) is 0 Å². The molecule has 0 aromatic carbocycles. The van der Waals surface area contributed by atoms with Crippen LogP contribution in [0.4, 0.5) is 0 Å². The van der Waals surface area contributed by atoms with Crippen molar-refractivity contribution in [2.45, 2.75) is 27.7 Å². The first kappa shape index (κ1) is 12.9. The summed E-state index contributed by atoms with van der Waals surface area (Å²) in [7, 11) is 2.91. The summed E-state index contributed by atoms with van der Waals surface area (Å²) in [6, 6.07) is 0. The zero-order valence-electron chi connectivity index (χ0n) is 9.27. The molecule has 0 rings (SSSR count). The molecule has 0 fully saturated rings. The molecule has 0 spiro atoms. The third-order valence-corrected chi connectivity index (χ3v) is 13.8. The average Bonchev–Trinajstić information content (AvgIpc) is 2.16. The molecule has 0 saturated heterocycles. The van der Waals surface area contributed by atoms with Gasteiger partial charge in [0.25, 0.3) is 0 Å². The van der Waals surface area contributed by atoms with E-state index in [9.17, 15) is 0 Å². The van der Waals surface area contributed by atoms with E-state index in [2.05, 4.69) is 36.9 Å². The molecule has 0 radical (unpaired) electrons. The minimum atomic E-state index is -1.23. The summed E-state index contributed by atoms with van der Waals surface area (Å²) in [5, 5.41) is 0. The van der Waals surface area contributed by atoms with Crippen LogP contribution in [0.25, 0.3) is 0 Å². The van der Waals surface area contributed by atoms with Crippen LogP contribution >= 0.6 is 15.8 Å². The summed E-state index contributed by atoms with van der Waals surface area (Å²) < 4.78 is 0. The van der Waals surface area contributed by atoms with E-state index in [-0.39, 0.29) is 0 Å². The molecule has 76 valence electrons. The summed E-state index contributed by atoms with van der Waals surface area (Å²) in [4.78, 5) is 0. The number of hydrogen-bond acceptors (Lipinski definition) is 0.